The van der Waals surface area contributed by atoms with Gasteiger partial charge in [0.1, 0.15) is 5.25 Å². The van der Waals surface area contributed by atoms with E-state index in [0.717, 1.165) is 17.3 Å². The van der Waals surface area contributed by atoms with E-state index in [1.807, 2.05) is 36.4 Å². The molecule has 9 heteroatoms. The Morgan fingerprint density at radius 2 is 2.08 bits per heavy atom. The van der Waals surface area contributed by atoms with Gasteiger partial charge in [-0.3, -0.25) is 14.4 Å². The number of amides is 2. The molecule has 1 fully saturated rings. The fraction of sp³-hybridized carbons (Fsp3) is 0.235. The molecule has 8 nitrogen and oxygen atoms in total. The Balaban J connectivity index is 1.78. The van der Waals surface area contributed by atoms with Crippen molar-refractivity contribution < 1.29 is 19.5 Å². The van der Waals surface area contributed by atoms with Crippen LogP contribution >= 0.6 is 11.8 Å². The van der Waals surface area contributed by atoms with Crippen molar-refractivity contribution in [2.75, 3.05) is 6.54 Å². The average molecular weight is 374 g/mol. The molecule has 0 radical (unpaired) electrons. The van der Waals surface area contributed by atoms with E-state index in [0.29, 0.717) is 5.17 Å². The quantitative estimate of drug-likeness (QED) is 0.467. The van der Waals surface area contributed by atoms with Gasteiger partial charge in [-0.05, 0) is 11.6 Å². The van der Waals surface area contributed by atoms with Crippen molar-refractivity contribution >= 4 is 47.0 Å². The summed E-state index contributed by atoms with van der Waals surface area (Å²) in [6, 6.07) is 9.70. The standard InChI is InChI=1S/C17H18N4O4S/c22-14(18-10-8-15(23)24)11-13-16(25)20-17(26-13)21-19-9-4-7-12-5-2-1-3-6-12/h1-7,9,13H,8,10-11H2,(H,18,22)(H,23,24)(H,20,21,25). The largest absolute Gasteiger partial charge is 0.481 e. The number of nitrogens with zero attached hydrogens (tertiary/aromatic N) is 2. The molecule has 1 aliphatic heterocycles. The number of carboxylic acids is 1. The summed E-state index contributed by atoms with van der Waals surface area (Å²) in [5.74, 6) is -1.70. The number of carboxylic acid groups (broad SMARTS) is 1. The summed E-state index contributed by atoms with van der Waals surface area (Å²) in [5.41, 5.74) is 1.03. The predicted octanol–water partition coefficient (Wildman–Crippen LogP) is 1.25. The Morgan fingerprint density at radius 3 is 2.81 bits per heavy atom. The van der Waals surface area contributed by atoms with Crippen LogP contribution in [-0.2, 0) is 14.4 Å². The molecule has 1 aliphatic rings. The summed E-state index contributed by atoms with van der Waals surface area (Å²) in [5, 5.41) is 21.0. The Hall–Kier alpha value is -2.94. The van der Waals surface area contributed by atoms with Gasteiger partial charge in [-0.15, -0.1) is 5.10 Å². The minimum absolute atomic E-state index is 0.0339. The van der Waals surface area contributed by atoms with Crippen LogP contribution in [0, 0.1) is 0 Å². The first kappa shape index (κ1) is 19.4. The zero-order valence-corrected chi connectivity index (χ0v) is 14.6. The van der Waals surface area contributed by atoms with Crippen molar-refractivity contribution in [1.82, 2.24) is 10.6 Å². The minimum Gasteiger partial charge on any atom is -0.481 e. The SMILES string of the molecule is O=C(O)CCNC(=O)CC1S/C(=N/N=CC=Cc2ccccc2)NC1=O. The molecule has 1 unspecified atom stereocenters. The van der Waals surface area contributed by atoms with Crippen LogP contribution in [0.15, 0.2) is 46.6 Å². The number of hydrogen-bond acceptors (Lipinski definition) is 6. The van der Waals surface area contributed by atoms with Crippen LogP contribution in [-0.4, -0.2) is 46.1 Å². The number of aliphatic carboxylic acids is 1. The number of amidine groups is 1. The van der Waals surface area contributed by atoms with Crippen LogP contribution in [0.4, 0.5) is 0 Å². The van der Waals surface area contributed by atoms with Gasteiger partial charge in [-0.1, -0.05) is 48.2 Å². The van der Waals surface area contributed by atoms with E-state index < -0.39 is 11.2 Å². The fourth-order valence-corrected chi connectivity index (χ4v) is 2.90. The van der Waals surface area contributed by atoms with E-state index in [1.165, 1.54) is 6.21 Å². The van der Waals surface area contributed by atoms with Crippen LogP contribution in [0.25, 0.3) is 6.08 Å². The van der Waals surface area contributed by atoms with E-state index in [4.69, 9.17) is 5.11 Å². The third kappa shape index (κ3) is 6.89. The molecule has 1 heterocycles. The fourth-order valence-electron chi connectivity index (χ4n) is 1.98. The zero-order valence-electron chi connectivity index (χ0n) is 13.8. The van der Waals surface area contributed by atoms with E-state index in [1.54, 1.807) is 6.08 Å². The molecular formula is C17H18N4O4S. The number of benzene rings is 1. The van der Waals surface area contributed by atoms with Crippen LogP contribution < -0.4 is 10.6 Å². The molecule has 0 aromatic heterocycles. The van der Waals surface area contributed by atoms with E-state index in [2.05, 4.69) is 20.8 Å². The summed E-state index contributed by atoms with van der Waals surface area (Å²) in [4.78, 5) is 33.9. The van der Waals surface area contributed by atoms with Gasteiger partial charge in [0.05, 0.1) is 6.42 Å². The van der Waals surface area contributed by atoms with Gasteiger partial charge in [0.25, 0.3) is 0 Å². The lowest BCUT2D eigenvalue weighted by molar-refractivity contribution is -0.137. The van der Waals surface area contributed by atoms with Crippen molar-refractivity contribution in [3.8, 4) is 0 Å². The molecule has 1 atom stereocenters. The molecule has 1 saturated heterocycles. The van der Waals surface area contributed by atoms with Crippen molar-refractivity contribution in [2.45, 2.75) is 18.1 Å². The molecule has 2 amide bonds. The first-order chi connectivity index (χ1) is 12.5. The van der Waals surface area contributed by atoms with E-state index in [9.17, 15) is 14.4 Å². The maximum atomic E-state index is 11.8. The number of rotatable bonds is 8. The third-order valence-corrected chi connectivity index (χ3v) is 4.27. The normalized spacial score (nSPS) is 18.5. The molecule has 1 aromatic carbocycles. The lowest BCUT2D eigenvalue weighted by atomic mass is 10.2. The molecule has 0 saturated carbocycles. The Bertz CT molecular complexity index is 746. The summed E-state index contributed by atoms with van der Waals surface area (Å²) in [6.45, 7) is 0.0339. The lowest BCUT2D eigenvalue weighted by Gasteiger charge is -2.05. The third-order valence-electron chi connectivity index (χ3n) is 3.20. The Labute approximate surface area is 154 Å². The van der Waals surface area contributed by atoms with Gasteiger partial charge < -0.3 is 15.7 Å². The van der Waals surface area contributed by atoms with E-state index >= 15 is 0 Å². The number of carbonyl (C=O) groups is 3. The zero-order chi connectivity index (χ0) is 18.8. The second-order valence-corrected chi connectivity index (χ2v) is 6.42. The Morgan fingerprint density at radius 1 is 1.31 bits per heavy atom. The Kier molecular flexibility index (Phi) is 7.56. The molecule has 2 rings (SSSR count). The number of carbonyl (C=O) groups excluding carboxylic acids is 2. The summed E-state index contributed by atoms with van der Waals surface area (Å²) in [7, 11) is 0. The first-order valence-corrected chi connectivity index (χ1v) is 8.71. The van der Waals surface area contributed by atoms with Gasteiger partial charge in [0.2, 0.25) is 11.8 Å². The van der Waals surface area contributed by atoms with E-state index in [-0.39, 0.29) is 31.2 Å². The molecule has 26 heavy (non-hydrogen) atoms. The summed E-state index contributed by atoms with van der Waals surface area (Å²) < 4.78 is 0. The summed E-state index contributed by atoms with van der Waals surface area (Å²) >= 11 is 1.12. The van der Waals surface area contributed by atoms with Crippen LogP contribution in [0.3, 0.4) is 0 Å². The van der Waals surface area contributed by atoms with Crippen molar-refractivity contribution in [3.05, 3.63) is 42.0 Å². The topological polar surface area (TPSA) is 120 Å². The highest BCUT2D eigenvalue weighted by Crippen LogP contribution is 2.22. The van der Waals surface area contributed by atoms with Crippen LogP contribution in [0.1, 0.15) is 18.4 Å². The second kappa shape index (κ2) is 10.1. The molecule has 0 bridgehead atoms. The highest BCUT2D eigenvalue weighted by atomic mass is 32.2. The van der Waals surface area contributed by atoms with Crippen LogP contribution in [0.5, 0.6) is 0 Å². The molecule has 136 valence electrons. The van der Waals surface area contributed by atoms with Gasteiger partial charge in [0.15, 0.2) is 5.17 Å². The second-order valence-electron chi connectivity index (χ2n) is 5.23. The predicted molar refractivity (Wildman–Crippen MR) is 101 cm³/mol. The number of thioether (sulfide) groups is 1. The number of nitrogens with one attached hydrogen (secondary N) is 2. The van der Waals surface area contributed by atoms with Gasteiger partial charge in [-0.25, -0.2) is 0 Å². The molecular weight excluding hydrogens is 356 g/mol. The molecule has 3 N–H and O–H groups in total. The monoisotopic (exact) mass is 374 g/mol. The average Bonchev–Trinajstić information content (AvgIpc) is 2.94. The highest BCUT2D eigenvalue weighted by molar-refractivity contribution is 8.15. The maximum Gasteiger partial charge on any atom is 0.305 e. The van der Waals surface area contributed by atoms with Crippen molar-refractivity contribution in [1.29, 1.82) is 0 Å². The molecule has 1 aromatic rings. The van der Waals surface area contributed by atoms with Gasteiger partial charge >= 0.3 is 5.97 Å². The van der Waals surface area contributed by atoms with Crippen molar-refractivity contribution in [3.63, 3.8) is 0 Å². The summed E-state index contributed by atoms with van der Waals surface area (Å²) in [6.07, 6.45) is 4.89. The van der Waals surface area contributed by atoms with Gasteiger partial charge in [0, 0.05) is 19.2 Å². The maximum absolute atomic E-state index is 11.8. The first-order valence-electron chi connectivity index (χ1n) is 7.83. The number of hydrogen-bond donors (Lipinski definition) is 3. The number of allylic oxidation sites excluding steroid dienone is 1. The van der Waals surface area contributed by atoms with Crippen molar-refractivity contribution in [2.24, 2.45) is 10.2 Å². The molecule has 0 spiro atoms. The molecule has 0 aliphatic carbocycles. The van der Waals surface area contributed by atoms with Crippen LogP contribution in [0.2, 0.25) is 0 Å². The minimum atomic E-state index is -0.994. The lowest BCUT2D eigenvalue weighted by Crippen LogP contribution is -2.32. The van der Waals surface area contributed by atoms with Gasteiger partial charge in [-0.2, -0.15) is 5.10 Å². The smallest absolute Gasteiger partial charge is 0.305 e. The highest BCUT2D eigenvalue weighted by Gasteiger charge is 2.32.